The van der Waals surface area contributed by atoms with Crippen molar-refractivity contribution < 1.29 is 0 Å². The molecule has 0 heterocycles. The molecule has 0 unspecified atom stereocenters. The zero-order valence-corrected chi connectivity index (χ0v) is 7.53. The topological polar surface area (TPSA) is 88.2 Å². The van der Waals surface area contributed by atoms with E-state index in [1.807, 2.05) is 0 Å². The molecule has 0 aliphatic heterocycles. The van der Waals surface area contributed by atoms with Crippen molar-refractivity contribution in [3.63, 3.8) is 0 Å². The van der Waals surface area contributed by atoms with Gasteiger partial charge in [-0.05, 0) is 6.42 Å². The Labute approximate surface area is 76.3 Å². The molecule has 0 fully saturated rings. The monoisotopic (exact) mass is 184 g/mol. The van der Waals surface area contributed by atoms with Gasteiger partial charge in [0.1, 0.15) is 0 Å². The summed E-state index contributed by atoms with van der Waals surface area (Å²) >= 11 is 1.28. The molecule has 0 bridgehead atoms. The first kappa shape index (κ1) is 10.8. The maximum Gasteiger partial charge on any atom is 0.193 e. The van der Waals surface area contributed by atoms with Crippen LogP contribution in [0.1, 0.15) is 12.8 Å². The van der Waals surface area contributed by atoms with Crippen LogP contribution >= 0.6 is 11.8 Å². The maximum atomic E-state index is 7.22. The summed E-state index contributed by atoms with van der Waals surface area (Å²) in [5.41, 5.74) is 10.1. The lowest BCUT2D eigenvalue weighted by Crippen LogP contribution is -2.23. The molecule has 0 radical (unpaired) electrons. The Balaban J connectivity index is 3.47. The zero-order valence-electron chi connectivity index (χ0n) is 6.71. The zero-order chi connectivity index (χ0) is 9.40. The van der Waals surface area contributed by atoms with Crippen LogP contribution in [0.5, 0.6) is 0 Å². The summed E-state index contributed by atoms with van der Waals surface area (Å²) in [6.45, 7) is 0. The Morgan fingerprint density at radius 1 is 1.58 bits per heavy atom. The summed E-state index contributed by atoms with van der Waals surface area (Å²) in [5, 5.41) is 7.35. The molecule has 0 atom stereocenters. The molecule has 0 aliphatic carbocycles. The first-order chi connectivity index (χ1) is 5.66. The number of unbranched alkanes of at least 4 members (excludes halogenated alkanes) is 1. The average molecular weight is 184 g/mol. The molecule has 0 aromatic heterocycles. The summed E-state index contributed by atoms with van der Waals surface area (Å²) in [7, 11) is 0. The van der Waals surface area contributed by atoms with E-state index >= 15 is 0 Å². The molecule has 0 aromatic carbocycles. The predicted molar refractivity (Wildman–Crippen MR) is 54.1 cm³/mol. The fraction of sp³-hybridized carbons (Fsp3) is 0.429. The van der Waals surface area contributed by atoms with Crippen molar-refractivity contribution >= 4 is 22.9 Å². The van der Waals surface area contributed by atoms with Crippen LogP contribution in [0, 0.1) is 17.8 Å². The number of nitrogens with zero attached hydrogens (tertiary/aromatic N) is 1. The third-order valence-corrected chi connectivity index (χ3v) is 1.79. The van der Waals surface area contributed by atoms with Gasteiger partial charge in [0.25, 0.3) is 0 Å². The second kappa shape index (κ2) is 6.55. The summed E-state index contributed by atoms with van der Waals surface area (Å²) in [6.07, 6.45) is 6.65. The fourth-order valence-electron chi connectivity index (χ4n) is 0.493. The Morgan fingerprint density at radius 3 is 2.75 bits per heavy atom. The summed E-state index contributed by atoms with van der Waals surface area (Å²) in [6, 6.07) is 0. The van der Waals surface area contributed by atoms with Gasteiger partial charge in [-0.3, -0.25) is 5.41 Å². The van der Waals surface area contributed by atoms with Crippen LogP contribution in [0.25, 0.3) is 0 Å². The minimum Gasteiger partial charge on any atom is -0.370 e. The molecule has 5 heteroatoms. The molecule has 0 saturated carbocycles. The lowest BCUT2D eigenvalue weighted by molar-refractivity contribution is 1.00. The van der Waals surface area contributed by atoms with Crippen LogP contribution in [-0.2, 0) is 0 Å². The van der Waals surface area contributed by atoms with E-state index in [2.05, 4.69) is 10.9 Å². The lowest BCUT2D eigenvalue weighted by Gasteiger charge is -1.96. The van der Waals surface area contributed by atoms with Crippen molar-refractivity contribution in [1.29, 1.82) is 5.41 Å². The third-order valence-electron chi connectivity index (χ3n) is 0.935. The van der Waals surface area contributed by atoms with Gasteiger partial charge in [0.05, 0.1) is 0 Å². The van der Waals surface area contributed by atoms with Crippen LogP contribution in [0.4, 0.5) is 0 Å². The number of thioether (sulfide) groups is 1. The Hall–Kier alpha value is -1.15. The number of rotatable bonds is 3. The van der Waals surface area contributed by atoms with Gasteiger partial charge in [0.2, 0.25) is 0 Å². The van der Waals surface area contributed by atoms with Crippen molar-refractivity contribution in [2.24, 2.45) is 16.5 Å². The molecule has 4 nitrogen and oxygen atoms in total. The molecule has 0 rings (SSSR count). The highest BCUT2D eigenvalue weighted by Gasteiger charge is 1.94. The number of amidine groups is 1. The summed E-state index contributed by atoms with van der Waals surface area (Å²) < 4.78 is 0. The second-order valence-electron chi connectivity index (χ2n) is 2.00. The normalized spacial score (nSPS) is 8.58. The van der Waals surface area contributed by atoms with Crippen LogP contribution < -0.4 is 11.5 Å². The molecule has 0 spiro atoms. The second-order valence-corrected chi connectivity index (χ2v) is 3.08. The SMILES string of the molecule is C#CCCCSC(=N)N=C(N)N. The molecule has 0 saturated heterocycles. The quantitative estimate of drug-likeness (QED) is 0.256. The van der Waals surface area contributed by atoms with E-state index in [0.717, 1.165) is 18.6 Å². The first-order valence-electron chi connectivity index (χ1n) is 3.41. The van der Waals surface area contributed by atoms with E-state index in [-0.39, 0.29) is 11.1 Å². The smallest absolute Gasteiger partial charge is 0.193 e. The number of aliphatic imine (C=N–C) groups is 1. The van der Waals surface area contributed by atoms with Crippen LogP contribution in [0.2, 0.25) is 0 Å². The van der Waals surface area contributed by atoms with E-state index in [4.69, 9.17) is 23.3 Å². The van der Waals surface area contributed by atoms with Gasteiger partial charge < -0.3 is 11.5 Å². The Kier molecular flexibility index (Phi) is 5.93. The number of hydrogen-bond acceptors (Lipinski definition) is 2. The van der Waals surface area contributed by atoms with Crippen molar-refractivity contribution in [3.05, 3.63) is 0 Å². The average Bonchev–Trinajstić information content (AvgIpc) is 1.97. The predicted octanol–water partition coefficient (Wildman–Crippen LogP) is 0.341. The fourth-order valence-corrected chi connectivity index (χ4v) is 1.14. The maximum absolute atomic E-state index is 7.22. The van der Waals surface area contributed by atoms with Crippen LogP contribution in [-0.4, -0.2) is 16.9 Å². The van der Waals surface area contributed by atoms with E-state index in [9.17, 15) is 0 Å². The number of guanidine groups is 1. The largest absolute Gasteiger partial charge is 0.370 e. The van der Waals surface area contributed by atoms with Gasteiger partial charge in [-0.15, -0.1) is 12.3 Å². The number of hydrogen-bond donors (Lipinski definition) is 3. The number of terminal acetylenes is 1. The summed E-state index contributed by atoms with van der Waals surface area (Å²) in [4.78, 5) is 3.54. The van der Waals surface area contributed by atoms with Gasteiger partial charge in [-0.2, -0.15) is 4.99 Å². The highest BCUT2D eigenvalue weighted by atomic mass is 32.2. The van der Waals surface area contributed by atoms with Gasteiger partial charge in [-0.25, -0.2) is 0 Å². The molecule has 12 heavy (non-hydrogen) atoms. The Morgan fingerprint density at radius 2 is 2.25 bits per heavy atom. The van der Waals surface area contributed by atoms with Crippen molar-refractivity contribution in [1.82, 2.24) is 0 Å². The highest BCUT2D eigenvalue weighted by Crippen LogP contribution is 2.06. The van der Waals surface area contributed by atoms with E-state index in [1.165, 1.54) is 11.8 Å². The summed E-state index contributed by atoms with van der Waals surface area (Å²) in [5.74, 6) is 3.21. The Bertz CT molecular complexity index is 212. The van der Waals surface area contributed by atoms with Gasteiger partial charge in [0, 0.05) is 12.2 Å². The molecule has 5 N–H and O–H groups in total. The number of nitrogens with one attached hydrogen (secondary N) is 1. The van der Waals surface area contributed by atoms with Crippen molar-refractivity contribution in [2.75, 3.05) is 5.75 Å². The molecular formula is C7H12N4S. The lowest BCUT2D eigenvalue weighted by atomic mass is 10.4. The van der Waals surface area contributed by atoms with Crippen molar-refractivity contribution in [2.45, 2.75) is 12.8 Å². The van der Waals surface area contributed by atoms with Crippen LogP contribution in [0.15, 0.2) is 4.99 Å². The standard InChI is InChI=1S/C7H12N4S/c1-2-3-4-5-12-7(10)11-6(8)9/h1H,3-5H2,(H5,8,9,10,11). The highest BCUT2D eigenvalue weighted by molar-refractivity contribution is 8.13. The molecular weight excluding hydrogens is 172 g/mol. The van der Waals surface area contributed by atoms with E-state index in [1.54, 1.807) is 0 Å². The molecule has 0 aliphatic rings. The van der Waals surface area contributed by atoms with E-state index < -0.39 is 0 Å². The molecule has 0 aromatic rings. The van der Waals surface area contributed by atoms with Crippen molar-refractivity contribution in [3.8, 4) is 12.3 Å². The minimum atomic E-state index is -0.0792. The van der Waals surface area contributed by atoms with Gasteiger partial charge in [0.15, 0.2) is 11.1 Å². The molecule has 0 amide bonds. The van der Waals surface area contributed by atoms with Crippen LogP contribution in [0.3, 0.4) is 0 Å². The third kappa shape index (κ3) is 6.96. The number of nitrogens with two attached hydrogens (primary N) is 2. The molecule has 66 valence electrons. The van der Waals surface area contributed by atoms with Gasteiger partial charge >= 0.3 is 0 Å². The first-order valence-corrected chi connectivity index (χ1v) is 4.40. The minimum absolute atomic E-state index is 0.0792. The van der Waals surface area contributed by atoms with Gasteiger partial charge in [-0.1, -0.05) is 11.8 Å². The van der Waals surface area contributed by atoms with E-state index in [0.29, 0.717) is 0 Å².